The lowest BCUT2D eigenvalue weighted by atomic mass is 9.90. The summed E-state index contributed by atoms with van der Waals surface area (Å²) < 4.78 is 33.6. The van der Waals surface area contributed by atoms with Crippen LogP contribution in [-0.4, -0.2) is 0 Å². The van der Waals surface area contributed by atoms with Gasteiger partial charge in [0, 0.05) is 62.2 Å². The van der Waals surface area contributed by atoms with Crippen LogP contribution in [0.5, 0.6) is 0 Å². The summed E-state index contributed by atoms with van der Waals surface area (Å²) in [6, 6.07) is 11.9. The zero-order valence-electron chi connectivity index (χ0n) is 17.5. The van der Waals surface area contributed by atoms with E-state index in [1.165, 1.54) is 9.75 Å². The average molecular weight is 455 g/mol. The minimum Gasteiger partial charge on any atom is -0.206 e. The van der Waals surface area contributed by atoms with Crippen molar-refractivity contribution in [3.8, 4) is 0 Å². The molecule has 8 aromatic rings. The van der Waals surface area contributed by atoms with Gasteiger partial charge in [-0.2, -0.15) is 0 Å². The van der Waals surface area contributed by atoms with Gasteiger partial charge in [0.1, 0.15) is 11.6 Å². The van der Waals surface area contributed by atoms with E-state index in [1.54, 1.807) is 34.8 Å². The molecule has 0 atom stereocenters. The SMILES string of the molecule is CCc1cc2c3cc4c(F)cc5c6sc(CC)cc6c6cc7c(F)cc(c2s1)c3c7c4c65. The molecule has 0 saturated heterocycles. The van der Waals surface area contributed by atoms with Crippen molar-refractivity contribution in [2.24, 2.45) is 0 Å². The first kappa shape index (κ1) is 17.7. The normalized spacial score (nSPS) is 13.2. The molecule has 4 heteroatoms. The van der Waals surface area contributed by atoms with E-state index >= 15 is 8.78 Å². The van der Waals surface area contributed by atoms with Crippen molar-refractivity contribution < 1.29 is 8.78 Å². The van der Waals surface area contributed by atoms with E-state index in [0.717, 1.165) is 76.1 Å². The molecular weight excluding hydrogens is 438 g/mol. The molecule has 0 N–H and O–H groups in total. The molecule has 0 fully saturated rings. The molecule has 6 aromatic carbocycles. The average Bonchev–Trinajstić information content (AvgIpc) is 3.53. The molecular formula is C28H16F2S2. The predicted molar refractivity (Wildman–Crippen MR) is 137 cm³/mol. The highest BCUT2D eigenvalue weighted by molar-refractivity contribution is 7.21. The third-order valence-electron chi connectivity index (χ3n) is 7.33. The molecule has 154 valence electrons. The van der Waals surface area contributed by atoms with Crippen molar-refractivity contribution in [1.82, 2.24) is 0 Å². The molecule has 0 unspecified atom stereocenters. The van der Waals surface area contributed by atoms with Gasteiger partial charge in [0.05, 0.1) is 0 Å². The number of halogens is 2. The maximum absolute atomic E-state index is 15.7. The smallest absolute Gasteiger partial charge is 0.131 e. The predicted octanol–water partition coefficient (Wildman–Crippen LogP) is 9.60. The Kier molecular flexibility index (Phi) is 3.08. The second-order valence-corrected chi connectivity index (χ2v) is 11.1. The Labute approximate surface area is 189 Å². The molecule has 0 radical (unpaired) electrons. The molecule has 0 nitrogen and oxygen atoms in total. The van der Waals surface area contributed by atoms with E-state index in [4.69, 9.17) is 0 Å². The van der Waals surface area contributed by atoms with Gasteiger partial charge < -0.3 is 0 Å². The fourth-order valence-corrected chi connectivity index (χ4v) is 8.21. The van der Waals surface area contributed by atoms with Crippen molar-refractivity contribution in [2.45, 2.75) is 26.7 Å². The van der Waals surface area contributed by atoms with Crippen LogP contribution >= 0.6 is 22.7 Å². The first-order valence-electron chi connectivity index (χ1n) is 11.0. The van der Waals surface area contributed by atoms with Gasteiger partial charge in [-0.15, -0.1) is 22.7 Å². The van der Waals surface area contributed by atoms with Crippen LogP contribution in [0.15, 0.2) is 36.4 Å². The lowest BCUT2D eigenvalue weighted by Gasteiger charge is -2.14. The van der Waals surface area contributed by atoms with Gasteiger partial charge in [0.2, 0.25) is 0 Å². The first-order valence-corrected chi connectivity index (χ1v) is 12.7. The van der Waals surface area contributed by atoms with Crippen LogP contribution in [-0.2, 0) is 12.8 Å². The highest BCUT2D eigenvalue weighted by Crippen LogP contribution is 2.53. The lowest BCUT2D eigenvalue weighted by molar-refractivity contribution is 0.640. The monoisotopic (exact) mass is 454 g/mol. The number of rotatable bonds is 2. The minimum absolute atomic E-state index is 0.214. The van der Waals surface area contributed by atoms with Gasteiger partial charge >= 0.3 is 0 Å². The van der Waals surface area contributed by atoms with Gasteiger partial charge in [0.25, 0.3) is 0 Å². The summed E-state index contributed by atoms with van der Waals surface area (Å²) in [5.74, 6) is -0.429. The zero-order chi connectivity index (χ0) is 21.5. The maximum Gasteiger partial charge on any atom is 0.131 e. The number of fused-ring (bicyclic) bond motifs is 6. The Bertz CT molecular complexity index is 1870. The molecule has 0 aliphatic heterocycles. The molecule has 0 bridgehead atoms. The van der Waals surface area contributed by atoms with Crippen LogP contribution in [0.2, 0.25) is 0 Å². The van der Waals surface area contributed by atoms with Crippen LogP contribution in [0.25, 0.3) is 74.0 Å². The number of thiophene rings is 2. The second-order valence-electron chi connectivity index (χ2n) is 8.87. The standard InChI is InChI=1S/C28H16F2S2/c1-3-11-5-15-13-7-17-22(30)10-20-24-14(16-6-12(4-2)32-28(16)20)8-18-21(29)9-19(27(15)31-11)23(13)25(18)26(17)24/h5-10H,3-4H2,1-2H3. The molecule has 0 aliphatic rings. The van der Waals surface area contributed by atoms with E-state index in [2.05, 4.69) is 26.0 Å². The van der Waals surface area contributed by atoms with Gasteiger partial charge in [-0.05, 0) is 70.8 Å². The zero-order valence-corrected chi connectivity index (χ0v) is 19.1. The Morgan fingerprint density at radius 2 is 0.938 bits per heavy atom. The molecule has 2 aromatic heterocycles. The van der Waals surface area contributed by atoms with Crippen LogP contribution in [0.3, 0.4) is 0 Å². The van der Waals surface area contributed by atoms with Crippen molar-refractivity contribution in [1.29, 1.82) is 0 Å². The van der Waals surface area contributed by atoms with Gasteiger partial charge in [0.15, 0.2) is 0 Å². The van der Waals surface area contributed by atoms with Crippen molar-refractivity contribution in [2.75, 3.05) is 0 Å². The van der Waals surface area contributed by atoms with E-state index < -0.39 is 0 Å². The van der Waals surface area contributed by atoms with E-state index in [-0.39, 0.29) is 11.6 Å². The lowest BCUT2D eigenvalue weighted by Crippen LogP contribution is -1.90. The maximum atomic E-state index is 15.7. The molecule has 0 spiro atoms. The highest BCUT2D eigenvalue weighted by Gasteiger charge is 2.26. The molecule has 32 heavy (non-hydrogen) atoms. The van der Waals surface area contributed by atoms with Crippen LogP contribution in [0.1, 0.15) is 23.6 Å². The highest BCUT2D eigenvalue weighted by atomic mass is 32.1. The fourth-order valence-electron chi connectivity index (χ4n) is 5.94. The van der Waals surface area contributed by atoms with Gasteiger partial charge in [-0.25, -0.2) is 8.78 Å². The summed E-state index contributed by atoms with van der Waals surface area (Å²) in [5, 5.41) is 11.5. The Morgan fingerprint density at radius 1 is 0.500 bits per heavy atom. The third kappa shape index (κ3) is 1.82. The quantitative estimate of drug-likeness (QED) is 0.228. The molecule has 2 heterocycles. The fraction of sp³-hybridized carbons (Fsp3) is 0.143. The molecule has 0 amide bonds. The van der Waals surface area contributed by atoms with Crippen molar-refractivity contribution >= 4 is 96.7 Å². The molecule has 0 saturated carbocycles. The largest absolute Gasteiger partial charge is 0.206 e. The summed E-state index contributed by atoms with van der Waals surface area (Å²) in [6.45, 7) is 4.27. The molecule has 0 aliphatic carbocycles. The van der Waals surface area contributed by atoms with Crippen LogP contribution < -0.4 is 0 Å². The Hall–Kier alpha value is -2.82. The summed E-state index contributed by atoms with van der Waals surface area (Å²) in [7, 11) is 0. The minimum atomic E-state index is -0.214. The molecule has 8 rings (SSSR count). The topological polar surface area (TPSA) is 0 Å². The summed E-state index contributed by atoms with van der Waals surface area (Å²) in [4.78, 5) is 2.55. The number of hydrogen-bond donors (Lipinski definition) is 0. The van der Waals surface area contributed by atoms with E-state index in [0.29, 0.717) is 10.8 Å². The number of benzene rings is 4. The first-order chi connectivity index (χ1) is 15.6. The van der Waals surface area contributed by atoms with E-state index in [1.807, 2.05) is 12.1 Å². The van der Waals surface area contributed by atoms with Crippen molar-refractivity contribution in [3.05, 3.63) is 57.8 Å². The Balaban J connectivity index is 1.74. The second kappa shape index (κ2) is 5.56. The third-order valence-corrected chi connectivity index (χ3v) is 9.96. The van der Waals surface area contributed by atoms with Gasteiger partial charge in [-0.3, -0.25) is 0 Å². The number of hydrogen-bond acceptors (Lipinski definition) is 2. The van der Waals surface area contributed by atoms with Crippen LogP contribution in [0, 0.1) is 11.6 Å². The van der Waals surface area contributed by atoms with Gasteiger partial charge in [-0.1, -0.05) is 13.8 Å². The Morgan fingerprint density at radius 3 is 1.34 bits per heavy atom. The number of aryl methyl sites for hydroxylation is 2. The summed E-state index contributed by atoms with van der Waals surface area (Å²) in [6.07, 6.45) is 1.89. The van der Waals surface area contributed by atoms with Crippen LogP contribution in [0.4, 0.5) is 8.78 Å². The van der Waals surface area contributed by atoms with E-state index in [9.17, 15) is 0 Å². The van der Waals surface area contributed by atoms with Crippen molar-refractivity contribution in [3.63, 3.8) is 0 Å². The summed E-state index contributed by atoms with van der Waals surface area (Å²) >= 11 is 3.47. The summed E-state index contributed by atoms with van der Waals surface area (Å²) in [5.41, 5.74) is 0.